The van der Waals surface area contributed by atoms with Crippen LogP contribution >= 0.6 is 24.2 Å². The Morgan fingerprint density at radius 2 is 2.37 bits per heavy atom. The molecule has 1 saturated heterocycles. The van der Waals surface area contributed by atoms with Gasteiger partial charge in [-0.2, -0.15) is 0 Å². The van der Waals surface area contributed by atoms with E-state index in [0.717, 1.165) is 31.0 Å². The van der Waals surface area contributed by atoms with E-state index in [1.165, 1.54) is 0 Å². The Bertz CT molecular complexity index is 461. The standard InChI is InChI=1S/C14H18ClNO2S/c1-16(8-10-3-2-6-18-9-10)14(17)12-7-11(19)4-5-13(12)15/h4-5,7,10,19H,2-3,6,8-9H2,1H3. The van der Waals surface area contributed by atoms with Gasteiger partial charge in [-0.3, -0.25) is 4.79 Å². The summed E-state index contributed by atoms with van der Waals surface area (Å²) in [7, 11) is 1.80. The van der Waals surface area contributed by atoms with Crippen molar-refractivity contribution in [2.45, 2.75) is 17.7 Å². The quantitative estimate of drug-likeness (QED) is 0.869. The van der Waals surface area contributed by atoms with E-state index in [-0.39, 0.29) is 5.91 Å². The van der Waals surface area contributed by atoms with Gasteiger partial charge in [0.1, 0.15) is 0 Å². The fourth-order valence-electron chi connectivity index (χ4n) is 2.30. The second kappa shape index (κ2) is 6.64. The molecule has 19 heavy (non-hydrogen) atoms. The van der Waals surface area contributed by atoms with Crippen molar-refractivity contribution in [1.82, 2.24) is 4.90 Å². The van der Waals surface area contributed by atoms with Crippen LogP contribution in [0.4, 0.5) is 0 Å². The molecule has 5 heteroatoms. The number of thiol groups is 1. The number of nitrogens with zero attached hydrogens (tertiary/aromatic N) is 1. The Morgan fingerprint density at radius 3 is 3.05 bits per heavy atom. The first-order chi connectivity index (χ1) is 9.08. The molecule has 0 bridgehead atoms. The van der Waals surface area contributed by atoms with Crippen molar-refractivity contribution in [2.24, 2.45) is 5.92 Å². The summed E-state index contributed by atoms with van der Waals surface area (Å²) >= 11 is 10.3. The van der Waals surface area contributed by atoms with Gasteiger partial charge in [-0.05, 0) is 37.0 Å². The van der Waals surface area contributed by atoms with E-state index in [4.69, 9.17) is 16.3 Å². The summed E-state index contributed by atoms with van der Waals surface area (Å²) in [6.45, 7) is 2.27. The van der Waals surface area contributed by atoms with Crippen molar-refractivity contribution in [3.05, 3.63) is 28.8 Å². The number of carbonyl (C=O) groups excluding carboxylic acids is 1. The van der Waals surface area contributed by atoms with Crippen LogP contribution < -0.4 is 0 Å². The molecule has 1 aliphatic heterocycles. The first kappa shape index (κ1) is 14.7. The minimum absolute atomic E-state index is 0.0635. The number of hydrogen-bond donors (Lipinski definition) is 1. The molecule has 1 fully saturated rings. The number of rotatable bonds is 3. The maximum atomic E-state index is 12.4. The Kier molecular flexibility index (Phi) is 5.13. The molecular weight excluding hydrogens is 282 g/mol. The topological polar surface area (TPSA) is 29.5 Å². The molecule has 104 valence electrons. The highest BCUT2D eigenvalue weighted by Gasteiger charge is 2.21. The molecule has 0 radical (unpaired) electrons. The summed E-state index contributed by atoms with van der Waals surface area (Å²) in [4.78, 5) is 14.8. The van der Waals surface area contributed by atoms with E-state index in [0.29, 0.717) is 23.0 Å². The molecule has 1 amide bonds. The van der Waals surface area contributed by atoms with Crippen LogP contribution in [0.15, 0.2) is 23.1 Å². The van der Waals surface area contributed by atoms with Crippen molar-refractivity contribution < 1.29 is 9.53 Å². The zero-order chi connectivity index (χ0) is 13.8. The van der Waals surface area contributed by atoms with Crippen LogP contribution in [0.25, 0.3) is 0 Å². The van der Waals surface area contributed by atoms with Crippen LogP contribution in [0.3, 0.4) is 0 Å². The summed E-state index contributed by atoms with van der Waals surface area (Å²) in [5.74, 6) is 0.354. The van der Waals surface area contributed by atoms with Crippen LogP contribution in [-0.4, -0.2) is 37.6 Å². The summed E-state index contributed by atoms with van der Waals surface area (Å²) < 4.78 is 5.44. The van der Waals surface area contributed by atoms with Crippen LogP contribution in [0.5, 0.6) is 0 Å². The van der Waals surface area contributed by atoms with Crippen LogP contribution in [0.2, 0.25) is 5.02 Å². The van der Waals surface area contributed by atoms with Gasteiger partial charge in [0.2, 0.25) is 0 Å². The minimum atomic E-state index is -0.0635. The maximum Gasteiger partial charge on any atom is 0.255 e. The summed E-state index contributed by atoms with van der Waals surface area (Å²) in [6, 6.07) is 5.19. The third-order valence-corrected chi connectivity index (χ3v) is 3.92. The highest BCUT2D eigenvalue weighted by molar-refractivity contribution is 7.80. The predicted molar refractivity (Wildman–Crippen MR) is 79.2 cm³/mol. The summed E-state index contributed by atoms with van der Waals surface area (Å²) in [5.41, 5.74) is 0.508. The summed E-state index contributed by atoms with van der Waals surface area (Å²) in [5, 5.41) is 0.467. The van der Waals surface area contributed by atoms with E-state index in [9.17, 15) is 4.79 Å². The van der Waals surface area contributed by atoms with Gasteiger partial charge in [-0.1, -0.05) is 11.6 Å². The van der Waals surface area contributed by atoms with E-state index < -0.39 is 0 Å². The highest BCUT2D eigenvalue weighted by Crippen LogP contribution is 2.22. The number of benzene rings is 1. The average Bonchev–Trinajstić information content (AvgIpc) is 2.42. The van der Waals surface area contributed by atoms with Crippen molar-refractivity contribution in [2.75, 3.05) is 26.8 Å². The second-order valence-corrected chi connectivity index (χ2v) is 5.86. The SMILES string of the molecule is CN(CC1CCCOC1)C(=O)c1cc(S)ccc1Cl. The highest BCUT2D eigenvalue weighted by atomic mass is 35.5. The van der Waals surface area contributed by atoms with E-state index in [1.54, 1.807) is 30.1 Å². The minimum Gasteiger partial charge on any atom is -0.381 e. The van der Waals surface area contributed by atoms with Gasteiger partial charge in [-0.25, -0.2) is 0 Å². The van der Waals surface area contributed by atoms with Crippen molar-refractivity contribution in [1.29, 1.82) is 0 Å². The molecule has 1 heterocycles. The number of carbonyl (C=O) groups is 1. The number of ether oxygens (including phenoxy) is 1. The Morgan fingerprint density at radius 1 is 1.58 bits per heavy atom. The smallest absolute Gasteiger partial charge is 0.255 e. The largest absolute Gasteiger partial charge is 0.381 e. The Hall–Kier alpha value is -0.710. The van der Waals surface area contributed by atoms with Gasteiger partial charge in [0.05, 0.1) is 17.2 Å². The zero-order valence-electron chi connectivity index (χ0n) is 10.9. The van der Waals surface area contributed by atoms with E-state index >= 15 is 0 Å². The number of hydrogen-bond acceptors (Lipinski definition) is 3. The number of halogens is 1. The van der Waals surface area contributed by atoms with Crippen molar-refractivity contribution in [3.63, 3.8) is 0 Å². The fraction of sp³-hybridized carbons (Fsp3) is 0.500. The molecule has 0 aromatic heterocycles. The molecule has 1 aromatic rings. The van der Waals surface area contributed by atoms with Crippen molar-refractivity contribution >= 4 is 30.1 Å². The van der Waals surface area contributed by atoms with Crippen LogP contribution in [0, 0.1) is 5.92 Å². The molecule has 0 spiro atoms. The molecule has 0 N–H and O–H groups in total. The fourth-order valence-corrected chi connectivity index (χ4v) is 2.71. The predicted octanol–water partition coefficient (Wildman–Crippen LogP) is 3.13. The molecule has 0 saturated carbocycles. The van der Waals surface area contributed by atoms with Gasteiger partial charge < -0.3 is 9.64 Å². The molecule has 0 aliphatic carbocycles. The molecule has 1 aromatic carbocycles. The normalized spacial score (nSPS) is 19.2. The van der Waals surface area contributed by atoms with Gasteiger partial charge in [0, 0.05) is 25.1 Å². The zero-order valence-corrected chi connectivity index (χ0v) is 12.6. The molecule has 1 unspecified atom stereocenters. The van der Waals surface area contributed by atoms with Crippen LogP contribution in [-0.2, 0) is 4.74 Å². The van der Waals surface area contributed by atoms with Crippen LogP contribution in [0.1, 0.15) is 23.2 Å². The molecule has 1 aliphatic rings. The number of amides is 1. The van der Waals surface area contributed by atoms with Gasteiger partial charge >= 0.3 is 0 Å². The second-order valence-electron chi connectivity index (χ2n) is 4.93. The third kappa shape index (κ3) is 3.88. The first-order valence-corrected chi connectivity index (χ1v) is 7.22. The van der Waals surface area contributed by atoms with E-state index in [2.05, 4.69) is 12.6 Å². The van der Waals surface area contributed by atoms with Gasteiger partial charge in [0.25, 0.3) is 5.91 Å². The summed E-state index contributed by atoms with van der Waals surface area (Å²) in [6.07, 6.45) is 2.18. The molecule has 2 rings (SSSR count). The molecular formula is C14H18ClNO2S. The van der Waals surface area contributed by atoms with Crippen molar-refractivity contribution in [3.8, 4) is 0 Å². The average molecular weight is 300 g/mol. The molecule has 3 nitrogen and oxygen atoms in total. The lowest BCUT2D eigenvalue weighted by Crippen LogP contribution is -2.35. The van der Waals surface area contributed by atoms with E-state index in [1.807, 2.05) is 0 Å². The molecule has 1 atom stereocenters. The lowest BCUT2D eigenvalue weighted by Gasteiger charge is -2.27. The van der Waals surface area contributed by atoms with Gasteiger partial charge in [-0.15, -0.1) is 12.6 Å². The lowest BCUT2D eigenvalue weighted by atomic mass is 10.0. The monoisotopic (exact) mass is 299 g/mol. The van der Waals surface area contributed by atoms with Gasteiger partial charge in [0.15, 0.2) is 0 Å². The first-order valence-electron chi connectivity index (χ1n) is 6.39. The maximum absolute atomic E-state index is 12.4. The Balaban J connectivity index is 2.03. The Labute approximate surface area is 124 Å². The third-order valence-electron chi connectivity index (χ3n) is 3.31. The lowest BCUT2D eigenvalue weighted by molar-refractivity contribution is 0.0388.